The highest BCUT2D eigenvalue weighted by molar-refractivity contribution is 5.82. The molecule has 200 valence electrons. The molecule has 1 aromatic heterocycles. The molecule has 0 saturated heterocycles. The van der Waals surface area contributed by atoms with Crippen LogP contribution in [0, 0.1) is 0 Å². The summed E-state index contributed by atoms with van der Waals surface area (Å²) >= 11 is 0. The van der Waals surface area contributed by atoms with E-state index < -0.39 is 0 Å². The van der Waals surface area contributed by atoms with E-state index in [1.165, 1.54) is 22.3 Å². The molecule has 1 unspecified atom stereocenters. The number of hydrogen-bond acceptors (Lipinski definition) is 3. The molecule has 0 aliphatic heterocycles. The standard InChI is InChI=1S/C39H29N3/c1-5-14-28(15-6-1)34-25-35(29-16-7-2-8-17-29)27-36(26-34)32-22-13-23-33(24-32)39-41-37(30-18-9-3-10-19-30)40-38(42-39)31-20-11-4-12-21-31/h1-20,22-27,31H,21H2. The van der Waals surface area contributed by atoms with E-state index in [0.29, 0.717) is 11.6 Å². The Morgan fingerprint density at radius 1 is 0.405 bits per heavy atom. The highest BCUT2D eigenvalue weighted by Crippen LogP contribution is 2.34. The van der Waals surface area contributed by atoms with Gasteiger partial charge in [0, 0.05) is 17.0 Å². The van der Waals surface area contributed by atoms with Gasteiger partial charge in [-0.25, -0.2) is 15.0 Å². The first kappa shape index (κ1) is 25.6. The Kier molecular flexibility index (Phi) is 7.06. The van der Waals surface area contributed by atoms with Gasteiger partial charge in [0.25, 0.3) is 0 Å². The molecule has 0 N–H and O–H groups in total. The lowest BCUT2D eigenvalue weighted by atomic mass is 9.93. The van der Waals surface area contributed by atoms with Gasteiger partial charge in [-0.1, -0.05) is 133 Å². The molecule has 7 rings (SSSR count). The molecular formula is C39H29N3. The maximum atomic E-state index is 5.01. The lowest BCUT2D eigenvalue weighted by molar-refractivity contribution is 0.764. The molecule has 6 aromatic rings. The van der Waals surface area contributed by atoms with Crippen molar-refractivity contribution in [1.29, 1.82) is 0 Å². The zero-order valence-electron chi connectivity index (χ0n) is 23.1. The van der Waals surface area contributed by atoms with Crippen LogP contribution < -0.4 is 0 Å². The summed E-state index contributed by atoms with van der Waals surface area (Å²) in [7, 11) is 0. The van der Waals surface area contributed by atoms with Crippen LogP contribution in [-0.4, -0.2) is 15.0 Å². The third-order valence-electron chi connectivity index (χ3n) is 7.60. The van der Waals surface area contributed by atoms with Crippen LogP contribution in [0.1, 0.15) is 18.2 Å². The Morgan fingerprint density at radius 3 is 1.45 bits per heavy atom. The Labute approximate surface area is 246 Å². The summed E-state index contributed by atoms with van der Waals surface area (Å²) in [4.78, 5) is 14.9. The molecule has 0 saturated carbocycles. The predicted octanol–water partition coefficient (Wildman–Crippen LogP) is 9.81. The van der Waals surface area contributed by atoms with Crippen LogP contribution in [0.5, 0.6) is 0 Å². The Balaban J connectivity index is 1.35. The van der Waals surface area contributed by atoms with Crippen LogP contribution in [0.15, 0.2) is 158 Å². The fourth-order valence-electron chi connectivity index (χ4n) is 5.40. The third kappa shape index (κ3) is 5.45. The predicted molar refractivity (Wildman–Crippen MR) is 173 cm³/mol. The van der Waals surface area contributed by atoms with Gasteiger partial charge in [0.15, 0.2) is 11.6 Å². The fourth-order valence-corrected chi connectivity index (χ4v) is 5.40. The van der Waals surface area contributed by atoms with E-state index >= 15 is 0 Å². The fraction of sp³-hybridized carbons (Fsp3) is 0.0513. The van der Waals surface area contributed by atoms with Crippen molar-refractivity contribution in [1.82, 2.24) is 15.0 Å². The summed E-state index contributed by atoms with van der Waals surface area (Å²) < 4.78 is 0. The topological polar surface area (TPSA) is 38.7 Å². The zero-order chi connectivity index (χ0) is 28.1. The number of hydrogen-bond donors (Lipinski definition) is 0. The van der Waals surface area contributed by atoms with Crippen molar-refractivity contribution in [3.8, 4) is 56.2 Å². The minimum Gasteiger partial charge on any atom is -0.212 e. The molecule has 0 bridgehead atoms. The number of nitrogens with zero attached hydrogens (tertiary/aromatic N) is 3. The van der Waals surface area contributed by atoms with Crippen molar-refractivity contribution >= 4 is 0 Å². The van der Waals surface area contributed by atoms with Crippen LogP contribution in [0.25, 0.3) is 56.2 Å². The van der Waals surface area contributed by atoms with Gasteiger partial charge in [0.05, 0.1) is 0 Å². The van der Waals surface area contributed by atoms with Crippen molar-refractivity contribution in [2.75, 3.05) is 0 Å². The maximum absolute atomic E-state index is 5.01. The van der Waals surface area contributed by atoms with Gasteiger partial charge < -0.3 is 0 Å². The van der Waals surface area contributed by atoms with E-state index in [0.717, 1.165) is 34.5 Å². The summed E-state index contributed by atoms with van der Waals surface area (Å²) in [5.41, 5.74) is 8.97. The Hall–Kier alpha value is -5.41. The molecule has 3 heteroatoms. The second-order valence-corrected chi connectivity index (χ2v) is 10.5. The first-order chi connectivity index (χ1) is 20.8. The van der Waals surface area contributed by atoms with Gasteiger partial charge in [0.2, 0.25) is 0 Å². The lowest BCUT2D eigenvalue weighted by Gasteiger charge is -2.15. The summed E-state index contributed by atoms with van der Waals surface area (Å²) in [6, 6.07) is 46.6. The SMILES string of the molecule is C1=CCC(c2nc(-c3ccccc3)nc(-c3cccc(-c4cc(-c5ccccc5)cc(-c5ccccc5)c4)c3)n2)C=C1. The molecule has 5 aromatic carbocycles. The van der Waals surface area contributed by atoms with Gasteiger partial charge in [-0.2, -0.15) is 0 Å². The van der Waals surface area contributed by atoms with Crippen molar-refractivity contribution in [2.24, 2.45) is 0 Å². The number of aromatic nitrogens is 3. The van der Waals surface area contributed by atoms with Crippen LogP contribution in [0.2, 0.25) is 0 Å². The molecule has 0 spiro atoms. The van der Waals surface area contributed by atoms with E-state index in [4.69, 9.17) is 15.0 Å². The monoisotopic (exact) mass is 539 g/mol. The summed E-state index contributed by atoms with van der Waals surface area (Å²) in [6.45, 7) is 0. The van der Waals surface area contributed by atoms with E-state index in [9.17, 15) is 0 Å². The molecule has 42 heavy (non-hydrogen) atoms. The van der Waals surface area contributed by atoms with Crippen molar-refractivity contribution in [2.45, 2.75) is 12.3 Å². The van der Waals surface area contributed by atoms with Gasteiger partial charge in [-0.3, -0.25) is 0 Å². The summed E-state index contributed by atoms with van der Waals surface area (Å²) in [6.07, 6.45) is 9.37. The minimum absolute atomic E-state index is 0.123. The largest absolute Gasteiger partial charge is 0.212 e. The van der Waals surface area contributed by atoms with Crippen LogP contribution in [0.3, 0.4) is 0 Å². The van der Waals surface area contributed by atoms with E-state index in [-0.39, 0.29) is 5.92 Å². The Morgan fingerprint density at radius 2 is 0.881 bits per heavy atom. The van der Waals surface area contributed by atoms with E-state index in [1.54, 1.807) is 0 Å². The molecular weight excluding hydrogens is 510 g/mol. The van der Waals surface area contributed by atoms with E-state index in [2.05, 4.69) is 140 Å². The zero-order valence-corrected chi connectivity index (χ0v) is 23.1. The molecule has 3 nitrogen and oxygen atoms in total. The highest BCUT2D eigenvalue weighted by Gasteiger charge is 2.17. The molecule has 0 radical (unpaired) electrons. The van der Waals surface area contributed by atoms with Crippen LogP contribution in [0.4, 0.5) is 0 Å². The second-order valence-electron chi connectivity index (χ2n) is 10.5. The molecule has 0 fully saturated rings. The number of allylic oxidation sites excluding steroid dienone is 4. The van der Waals surface area contributed by atoms with E-state index in [1.807, 2.05) is 18.2 Å². The molecule has 1 atom stereocenters. The molecule has 1 aliphatic carbocycles. The van der Waals surface area contributed by atoms with Crippen molar-refractivity contribution in [3.63, 3.8) is 0 Å². The van der Waals surface area contributed by atoms with Crippen molar-refractivity contribution in [3.05, 3.63) is 164 Å². The van der Waals surface area contributed by atoms with Gasteiger partial charge in [0.1, 0.15) is 5.82 Å². The maximum Gasteiger partial charge on any atom is 0.163 e. The average Bonchev–Trinajstić information content (AvgIpc) is 3.09. The first-order valence-corrected chi connectivity index (χ1v) is 14.3. The van der Waals surface area contributed by atoms with Crippen LogP contribution in [-0.2, 0) is 0 Å². The van der Waals surface area contributed by atoms with Crippen LogP contribution >= 0.6 is 0 Å². The summed E-state index contributed by atoms with van der Waals surface area (Å²) in [5.74, 6) is 2.30. The van der Waals surface area contributed by atoms with Gasteiger partial charge in [-0.15, -0.1) is 0 Å². The number of benzene rings is 5. The van der Waals surface area contributed by atoms with Crippen molar-refractivity contribution < 1.29 is 0 Å². The third-order valence-corrected chi connectivity index (χ3v) is 7.60. The Bertz CT molecular complexity index is 1830. The smallest absolute Gasteiger partial charge is 0.163 e. The summed E-state index contributed by atoms with van der Waals surface area (Å²) in [5, 5.41) is 0. The highest BCUT2D eigenvalue weighted by atomic mass is 15.0. The van der Waals surface area contributed by atoms with Gasteiger partial charge >= 0.3 is 0 Å². The normalized spacial score (nSPS) is 14.1. The minimum atomic E-state index is 0.123. The lowest BCUT2D eigenvalue weighted by Crippen LogP contribution is -2.07. The van der Waals surface area contributed by atoms with Gasteiger partial charge in [-0.05, 0) is 64.1 Å². The second kappa shape index (κ2) is 11.6. The number of rotatable bonds is 6. The quantitative estimate of drug-likeness (QED) is 0.211. The molecule has 1 heterocycles. The molecule has 0 amide bonds. The average molecular weight is 540 g/mol. The molecule has 1 aliphatic rings. The first-order valence-electron chi connectivity index (χ1n) is 14.3.